The third-order valence-electron chi connectivity index (χ3n) is 6.78. The Bertz CT molecular complexity index is 1310. The summed E-state index contributed by atoms with van der Waals surface area (Å²) in [5.74, 6) is 1.21. The number of nitrogens with zero attached hydrogens (tertiary/aromatic N) is 3. The Morgan fingerprint density at radius 3 is 2.54 bits per heavy atom. The average Bonchev–Trinajstić information content (AvgIpc) is 3.23. The van der Waals surface area contributed by atoms with Crippen LogP contribution in [0, 0.1) is 5.92 Å². The molecule has 0 atom stereocenters. The number of aromatic nitrogens is 2. The quantitative estimate of drug-likeness (QED) is 0.293. The first-order valence-corrected chi connectivity index (χ1v) is 13.2. The van der Waals surface area contributed by atoms with Gasteiger partial charge in [-0.25, -0.2) is 4.98 Å². The Kier molecular flexibility index (Phi) is 7.30. The second kappa shape index (κ2) is 10.8. The number of benzene rings is 3. The Labute approximate surface area is 215 Å². The molecule has 0 aliphatic carbocycles. The highest BCUT2D eigenvalue weighted by Crippen LogP contribution is 2.26. The summed E-state index contributed by atoms with van der Waals surface area (Å²) in [4.78, 5) is 20.3. The first-order valence-electron chi connectivity index (χ1n) is 12.4. The van der Waals surface area contributed by atoms with E-state index in [-0.39, 0.29) is 11.8 Å². The molecule has 5 rings (SSSR count). The molecule has 35 heavy (non-hydrogen) atoms. The van der Waals surface area contributed by atoms with E-state index < -0.39 is 0 Å². The van der Waals surface area contributed by atoms with E-state index in [2.05, 4.69) is 86.2 Å². The van der Waals surface area contributed by atoms with Gasteiger partial charge in [-0.05, 0) is 80.4 Å². The summed E-state index contributed by atoms with van der Waals surface area (Å²) in [5.41, 5.74) is 5.41. The van der Waals surface area contributed by atoms with Gasteiger partial charge >= 0.3 is 0 Å². The number of nitrogens with one attached hydrogen (secondary N) is 1. The standard InChI is InChI=1S/C29H31BrN4O/c1-2-6-21-11-13-24(14-12-21)31-29(35)22-15-17-33(18-16-22)20-28-32-26-9-3-4-10-27(26)34(28)25-8-5-7-23(30)19-25/h3-5,7-14,19,22H,2,6,15-18,20H2,1H3,(H,31,35). The molecule has 1 fully saturated rings. The minimum Gasteiger partial charge on any atom is -0.326 e. The van der Waals surface area contributed by atoms with Gasteiger partial charge in [0.15, 0.2) is 0 Å². The molecule has 0 radical (unpaired) electrons. The summed E-state index contributed by atoms with van der Waals surface area (Å²) >= 11 is 3.61. The van der Waals surface area contributed by atoms with E-state index in [9.17, 15) is 4.79 Å². The molecule has 1 aliphatic rings. The molecule has 3 aromatic carbocycles. The minimum absolute atomic E-state index is 0.0467. The van der Waals surface area contributed by atoms with Crippen molar-refractivity contribution in [1.29, 1.82) is 0 Å². The SMILES string of the molecule is CCCc1ccc(NC(=O)C2CCN(Cc3nc4ccccc4n3-c3cccc(Br)c3)CC2)cc1. The topological polar surface area (TPSA) is 50.2 Å². The van der Waals surface area contributed by atoms with Crippen LogP contribution in [0.15, 0.2) is 77.3 Å². The van der Waals surface area contributed by atoms with Gasteiger partial charge in [0.05, 0.1) is 17.6 Å². The summed E-state index contributed by atoms with van der Waals surface area (Å²) in [6.45, 7) is 4.71. The monoisotopic (exact) mass is 530 g/mol. The number of piperidine rings is 1. The first-order chi connectivity index (χ1) is 17.1. The number of imidazole rings is 1. The number of rotatable bonds is 7. The number of likely N-dealkylation sites (tertiary alicyclic amines) is 1. The molecule has 0 saturated carbocycles. The molecular formula is C29H31BrN4O. The number of anilines is 1. The van der Waals surface area contributed by atoms with Crippen molar-refractivity contribution in [2.75, 3.05) is 18.4 Å². The van der Waals surface area contributed by atoms with Crippen molar-refractivity contribution >= 4 is 38.6 Å². The number of carbonyl (C=O) groups is 1. The van der Waals surface area contributed by atoms with Crippen LogP contribution in [0.25, 0.3) is 16.7 Å². The maximum Gasteiger partial charge on any atom is 0.227 e. The van der Waals surface area contributed by atoms with Gasteiger partial charge in [-0.3, -0.25) is 14.3 Å². The van der Waals surface area contributed by atoms with Gasteiger partial charge in [-0.2, -0.15) is 0 Å². The molecule has 0 bridgehead atoms. The molecule has 1 N–H and O–H groups in total. The molecule has 5 nitrogen and oxygen atoms in total. The maximum atomic E-state index is 12.9. The molecule has 0 spiro atoms. The normalized spacial score (nSPS) is 14.9. The van der Waals surface area contributed by atoms with E-state index in [0.717, 1.165) is 78.0 Å². The van der Waals surface area contributed by atoms with Crippen molar-refractivity contribution < 1.29 is 4.79 Å². The van der Waals surface area contributed by atoms with E-state index >= 15 is 0 Å². The third kappa shape index (κ3) is 5.49. The van der Waals surface area contributed by atoms with E-state index in [1.165, 1.54) is 5.56 Å². The Morgan fingerprint density at radius 2 is 1.80 bits per heavy atom. The molecule has 1 amide bonds. The second-order valence-corrected chi connectivity index (χ2v) is 10.2. The predicted octanol–water partition coefficient (Wildman–Crippen LogP) is 6.59. The molecule has 6 heteroatoms. The summed E-state index contributed by atoms with van der Waals surface area (Å²) < 4.78 is 3.30. The van der Waals surface area contributed by atoms with Gasteiger partial charge in [-0.1, -0.05) is 59.6 Å². The number of aryl methyl sites for hydroxylation is 1. The number of hydrogen-bond donors (Lipinski definition) is 1. The van der Waals surface area contributed by atoms with Gasteiger partial charge in [0.2, 0.25) is 5.91 Å². The van der Waals surface area contributed by atoms with Crippen molar-refractivity contribution in [1.82, 2.24) is 14.5 Å². The van der Waals surface area contributed by atoms with Crippen molar-refractivity contribution in [3.05, 3.63) is 88.7 Å². The predicted molar refractivity (Wildman–Crippen MR) is 146 cm³/mol. The Hall–Kier alpha value is -2.96. The number of hydrogen-bond acceptors (Lipinski definition) is 3. The van der Waals surface area contributed by atoms with E-state index in [4.69, 9.17) is 4.98 Å². The number of para-hydroxylation sites is 2. The van der Waals surface area contributed by atoms with Crippen molar-refractivity contribution in [3.63, 3.8) is 0 Å². The first kappa shape index (κ1) is 23.8. The van der Waals surface area contributed by atoms with Crippen LogP contribution in [0.3, 0.4) is 0 Å². The van der Waals surface area contributed by atoms with Crippen LogP contribution in [-0.2, 0) is 17.8 Å². The van der Waals surface area contributed by atoms with Crippen LogP contribution in [0.4, 0.5) is 5.69 Å². The van der Waals surface area contributed by atoms with E-state index in [0.29, 0.717) is 0 Å². The lowest BCUT2D eigenvalue weighted by Crippen LogP contribution is -2.38. The molecule has 180 valence electrons. The van der Waals surface area contributed by atoms with Crippen LogP contribution in [0.5, 0.6) is 0 Å². The van der Waals surface area contributed by atoms with Gasteiger partial charge in [-0.15, -0.1) is 0 Å². The highest BCUT2D eigenvalue weighted by atomic mass is 79.9. The van der Waals surface area contributed by atoms with Crippen LogP contribution < -0.4 is 5.32 Å². The fraction of sp³-hybridized carbons (Fsp3) is 0.310. The average molecular weight is 531 g/mol. The molecule has 0 unspecified atom stereocenters. The highest BCUT2D eigenvalue weighted by molar-refractivity contribution is 9.10. The van der Waals surface area contributed by atoms with Gasteiger partial charge < -0.3 is 5.32 Å². The summed E-state index contributed by atoms with van der Waals surface area (Å²) in [6, 6.07) is 24.9. The smallest absolute Gasteiger partial charge is 0.227 e. The summed E-state index contributed by atoms with van der Waals surface area (Å²) in [5, 5.41) is 3.12. The van der Waals surface area contributed by atoms with Gasteiger partial charge in [0.25, 0.3) is 0 Å². The largest absolute Gasteiger partial charge is 0.326 e. The lowest BCUT2D eigenvalue weighted by atomic mass is 9.95. The minimum atomic E-state index is 0.0467. The Morgan fingerprint density at radius 1 is 1.03 bits per heavy atom. The molecule has 2 heterocycles. The third-order valence-corrected chi connectivity index (χ3v) is 7.27. The molecule has 1 saturated heterocycles. The number of fused-ring (bicyclic) bond motifs is 1. The lowest BCUT2D eigenvalue weighted by molar-refractivity contribution is -0.121. The van der Waals surface area contributed by atoms with Crippen molar-refractivity contribution in [2.24, 2.45) is 5.92 Å². The van der Waals surface area contributed by atoms with Gasteiger partial charge in [0, 0.05) is 21.8 Å². The zero-order valence-electron chi connectivity index (χ0n) is 20.1. The van der Waals surface area contributed by atoms with E-state index in [1.54, 1.807) is 0 Å². The van der Waals surface area contributed by atoms with Crippen LogP contribution in [0.1, 0.15) is 37.6 Å². The molecule has 4 aromatic rings. The fourth-order valence-corrected chi connectivity index (χ4v) is 5.31. The number of amides is 1. The van der Waals surface area contributed by atoms with Crippen LogP contribution in [0.2, 0.25) is 0 Å². The highest BCUT2D eigenvalue weighted by Gasteiger charge is 2.26. The lowest BCUT2D eigenvalue weighted by Gasteiger charge is -2.31. The zero-order chi connectivity index (χ0) is 24.2. The van der Waals surface area contributed by atoms with E-state index in [1.807, 2.05) is 24.3 Å². The molecular weight excluding hydrogens is 500 g/mol. The van der Waals surface area contributed by atoms with Crippen LogP contribution in [-0.4, -0.2) is 33.4 Å². The number of carbonyl (C=O) groups excluding carboxylic acids is 1. The Balaban J connectivity index is 1.25. The molecule has 1 aliphatic heterocycles. The summed E-state index contributed by atoms with van der Waals surface area (Å²) in [6.07, 6.45) is 3.92. The zero-order valence-corrected chi connectivity index (χ0v) is 21.7. The number of halogens is 1. The van der Waals surface area contributed by atoms with Gasteiger partial charge in [0.1, 0.15) is 5.82 Å². The fourth-order valence-electron chi connectivity index (χ4n) is 4.93. The van der Waals surface area contributed by atoms with Crippen molar-refractivity contribution in [2.45, 2.75) is 39.2 Å². The maximum absolute atomic E-state index is 12.9. The molecule has 1 aromatic heterocycles. The second-order valence-electron chi connectivity index (χ2n) is 9.32. The summed E-state index contributed by atoms with van der Waals surface area (Å²) in [7, 11) is 0. The van der Waals surface area contributed by atoms with Crippen LogP contribution >= 0.6 is 15.9 Å². The van der Waals surface area contributed by atoms with Crippen molar-refractivity contribution in [3.8, 4) is 5.69 Å².